The van der Waals surface area contributed by atoms with Crippen LogP contribution in [-0.2, 0) is 6.54 Å². The molecule has 1 fully saturated rings. The first-order valence-corrected chi connectivity index (χ1v) is 7.91. The van der Waals surface area contributed by atoms with Gasteiger partial charge < -0.3 is 14.8 Å². The number of halogens is 5. The second-order valence-corrected chi connectivity index (χ2v) is 5.91. The Morgan fingerprint density at radius 2 is 1.88 bits per heavy atom. The Bertz CT molecular complexity index is 546. The number of likely N-dealkylation sites (tertiary alicyclic amines) is 1. The summed E-state index contributed by atoms with van der Waals surface area (Å²) >= 11 is 0. The zero-order valence-electron chi connectivity index (χ0n) is 13.8. The summed E-state index contributed by atoms with van der Waals surface area (Å²) in [6.07, 6.45) is -2.97. The summed E-state index contributed by atoms with van der Waals surface area (Å²) in [6, 6.07) is 4.83. The zero-order valence-corrected chi connectivity index (χ0v) is 13.8. The Kier molecular flexibility index (Phi) is 6.83. The molecule has 1 aromatic carbocycles. The van der Waals surface area contributed by atoms with Gasteiger partial charge in [-0.25, -0.2) is 0 Å². The maximum absolute atomic E-state index is 12.4. The lowest BCUT2D eigenvalue weighted by molar-refractivity contribution is -0.148. The predicted octanol–water partition coefficient (Wildman–Crippen LogP) is 3.41. The Morgan fingerprint density at radius 1 is 1.20 bits per heavy atom. The molecule has 0 atom stereocenters. The Hall–Kier alpha value is -1.61. The van der Waals surface area contributed by atoms with Crippen molar-refractivity contribution in [3.8, 4) is 11.5 Å². The van der Waals surface area contributed by atoms with E-state index >= 15 is 0 Å². The van der Waals surface area contributed by atoms with E-state index in [1.54, 1.807) is 12.1 Å². The van der Waals surface area contributed by atoms with Gasteiger partial charge in [-0.3, -0.25) is 4.90 Å². The molecule has 1 aromatic rings. The van der Waals surface area contributed by atoms with Crippen LogP contribution in [0.4, 0.5) is 22.0 Å². The maximum Gasteiger partial charge on any atom is 0.401 e. The van der Waals surface area contributed by atoms with Crippen molar-refractivity contribution in [1.29, 1.82) is 0 Å². The molecule has 4 nitrogen and oxygen atoms in total. The fraction of sp³-hybridized carbons (Fsp3) is 0.625. The van der Waals surface area contributed by atoms with Gasteiger partial charge in [-0.05, 0) is 43.6 Å². The van der Waals surface area contributed by atoms with E-state index in [1.165, 1.54) is 18.1 Å². The van der Waals surface area contributed by atoms with Crippen molar-refractivity contribution in [2.45, 2.75) is 38.2 Å². The van der Waals surface area contributed by atoms with Crippen LogP contribution in [0.5, 0.6) is 11.5 Å². The molecule has 2 rings (SSSR count). The van der Waals surface area contributed by atoms with Crippen molar-refractivity contribution < 1.29 is 31.4 Å². The average Bonchev–Trinajstić information content (AvgIpc) is 2.52. The number of hydrogen-bond acceptors (Lipinski definition) is 4. The minimum atomic E-state index is -4.18. The van der Waals surface area contributed by atoms with Crippen LogP contribution in [0.3, 0.4) is 0 Å². The first-order valence-electron chi connectivity index (χ1n) is 7.91. The number of alkyl halides is 5. The predicted molar refractivity (Wildman–Crippen MR) is 82.0 cm³/mol. The summed E-state index contributed by atoms with van der Waals surface area (Å²) in [6.45, 7) is -2.67. The summed E-state index contributed by atoms with van der Waals surface area (Å²) in [5.41, 5.74) is 0.731. The molecule has 0 amide bonds. The summed E-state index contributed by atoms with van der Waals surface area (Å²) in [4.78, 5) is 1.39. The van der Waals surface area contributed by atoms with Crippen molar-refractivity contribution in [1.82, 2.24) is 10.2 Å². The van der Waals surface area contributed by atoms with E-state index in [0.29, 0.717) is 32.5 Å². The fourth-order valence-corrected chi connectivity index (χ4v) is 2.83. The molecule has 0 aliphatic carbocycles. The van der Waals surface area contributed by atoms with Crippen LogP contribution in [-0.4, -0.2) is 50.5 Å². The standard InChI is InChI=1S/C16H21F5N2O2/c1-24-13-3-2-11(8-14(13)25-15(17)18)9-22-12-4-6-23(7-5-12)10-16(19,20)21/h2-3,8,12,15,22H,4-7,9-10H2,1H3. The first-order chi connectivity index (χ1) is 11.8. The molecular formula is C16H21F5N2O2. The summed E-state index contributed by atoms with van der Waals surface area (Å²) in [7, 11) is 1.36. The van der Waals surface area contributed by atoms with Gasteiger partial charge in [0, 0.05) is 12.6 Å². The van der Waals surface area contributed by atoms with Crippen molar-refractivity contribution >= 4 is 0 Å². The second kappa shape index (κ2) is 8.66. The minimum Gasteiger partial charge on any atom is -0.493 e. The number of nitrogens with one attached hydrogen (secondary N) is 1. The molecular weight excluding hydrogens is 347 g/mol. The van der Waals surface area contributed by atoms with E-state index in [9.17, 15) is 22.0 Å². The molecule has 0 radical (unpaired) electrons. The van der Waals surface area contributed by atoms with Gasteiger partial charge in [0.1, 0.15) is 0 Å². The SMILES string of the molecule is COc1ccc(CNC2CCN(CC(F)(F)F)CC2)cc1OC(F)F. The Labute approximate surface area is 142 Å². The highest BCUT2D eigenvalue weighted by molar-refractivity contribution is 5.43. The number of rotatable bonds is 7. The number of piperidine rings is 1. The molecule has 0 bridgehead atoms. The maximum atomic E-state index is 12.4. The highest BCUT2D eigenvalue weighted by Crippen LogP contribution is 2.29. The molecule has 1 heterocycles. The van der Waals surface area contributed by atoms with Crippen molar-refractivity contribution in [3.63, 3.8) is 0 Å². The molecule has 0 unspecified atom stereocenters. The van der Waals surface area contributed by atoms with Gasteiger partial charge in [0.05, 0.1) is 13.7 Å². The van der Waals surface area contributed by atoms with Crippen LogP contribution < -0.4 is 14.8 Å². The summed E-state index contributed by atoms with van der Waals surface area (Å²) < 4.78 is 71.3. The van der Waals surface area contributed by atoms with Crippen LogP contribution >= 0.6 is 0 Å². The molecule has 25 heavy (non-hydrogen) atoms. The van der Waals surface area contributed by atoms with Crippen molar-refractivity contribution in [3.05, 3.63) is 23.8 Å². The van der Waals surface area contributed by atoms with Gasteiger partial charge in [0.15, 0.2) is 11.5 Å². The van der Waals surface area contributed by atoms with Crippen molar-refractivity contribution in [2.75, 3.05) is 26.7 Å². The normalized spacial score (nSPS) is 17.1. The van der Waals surface area contributed by atoms with Crippen LogP contribution in [0.15, 0.2) is 18.2 Å². The highest BCUT2D eigenvalue weighted by atomic mass is 19.4. The number of methoxy groups -OCH3 is 1. The lowest BCUT2D eigenvalue weighted by Gasteiger charge is -2.32. The molecule has 0 aromatic heterocycles. The second-order valence-electron chi connectivity index (χ2n) is 5.91. The Morgan fingerprint density at radius 3 is 2.44 bits per heavy atom. The lowest BCUT2D eigenvalue weighted by Crippen LogP contribution is -2.45. The summed E-state index contributed by atoms with van der Waals surface area (Å²) in [5, 5.41) is 3.25. The van der Waals surface area contributed by atoms with Gasteiger partial charge in [-0.1, -0.05) is 6.07 Å². The van der Waals surface area contributed by atoms with Gasteiger partial charge >= 0.3 is 12.8 Å². The molecule has 0 saturated carbocycles. The quantitative estimate of drug-likeness (QED) is 0.748. The van der Waals surface area contributed by atoms with Gasteiger partial charge in [-0.2, -0.15) is 22.0 Å². The largest absolute Gasteiger partial charge is 0.493 e. The molecule has 0 spiro atoms. The van der Waals surface area contributed by atoms with Crippen LogP contribution in [0.2, 0.25) is 0 Å². The number of nitrogens with zero attached hydrogens (tertiary/aromatic N) is 1. The third-order valence-corrected chi connectivity index (χ3v) is 4.03. The molecule has 142 valence electrons. The summed E-state index contributed by atoms with van der Waals surface area (Å²) in [5.74, 6) is 0.168. The topological polar surface area (TPSA) is 33.7 Å². The van der Waals surface area contributed by atoms with E-state index in [-0.39, 0.29) is 17.5 Å². The van der Waals surface area contributed by atoms with E-state index in [1.807, 2.05) is 0 Å². The third-order valence-electron chi connectivity index (χ3n) is 4.03. The average molecular weight is 368 g/mol. The Balaban J connectivity index is 1.84. The zero-order chi connectivity index (χ0) is 18.4. The van der Waals surface area contributed by atoms with Gasteiger partial charge in [-0.15, -0.1) is 0 Å². The van der Waals surface area contributed by atoms with E-state index in [4.69, 9.17) is 4.74 Å². The molecule has 1 N–H and O–H groups in total. The highest BCUT2D eigenvalue weighted by Gasteiger charge is 2.32. The van der Waals surface area contributed by atoms with E-state index in [0.717, 1.165) is 5.56 Å². The van der Waals surface area contributed by atoms with Crippen LogP contribution in [0.1, 0.15) is 18.4 Å². The molecule has 9 heteroatoms. The van der Waals surface area contributed by atoms with Gasteiger partial charge in [0.25, 0.3) is 0 Å². The van der Waals surface area contributed by atoms with Crippen LogP contribution in [0, 0.1) is 0 Å². The van der Waals surface area contributed by atoms with E-state index < -0.39 is 19.3 Å². The minimum absolute atomic E-state index is 0.0446. The molecule has 1 saturated heterocycles. The van der Waals surface area contributed by atoms with Crippen molar-refractivity contribution in [2.24, 2.45) is 0 Å². The number of hydrogen-bond donors (Lipinski definition) is 1. The number of ether oxygens (including phenoxy) is 2. The van der Waals surface area contributed by atoms with Crippen LogP contribution in [0.25, 0.3) is 0 Å². The molecule has 1 aliphatic heterocycles. The third kappa shape index (κ3) is 6.66. The number of benzene rings is 1. The molecule has 1 aliphatic rings. The first kappa shape index (κ1) is 19.7. The fourth-order valence-electron chi connectivity index (χ4n) is 2.83. The lowest BCUT2D eigenvalue weighted by atomic mass is 10.0. The smallest absolute Gasteiger partial charge is 0.401 e. The van der Waals surface area contributed by atoms with Gasteiger partial charge in [0.2, 0.25) is 0 Å². The van der Waals surface area contributed by atoms with E-state index in [2.05, 4.69) is 10.1 Å². The monoisotopic (exact) mass is 368 g/mol.